The standard InChI is InChI=1S/C30H35N3O3/c1-22(31-2)29(34)32-27-18-16-25-15-17-26(36-19-9-14-23-10-5-3-6-11-23)20-28(25)33(30(27)35)21-24-12-7-4-8-13-24/h3-8,10-13,15,17,20,22,27,31H,9,14,16,18-19,21H2,1-2H3,(H,32,34)/t22?,27-/m0/s1. The van der Waals surface area contributed by atoms with Crippen LogP contribution in [0, 0.1) is 0 Å². The van der Waals surface area contributed by atoms with Gasteiger partial charge >= 0.3 is 0 Å². The highest BCUT2D eigenvalue weighted by atomic mass is 16.5. The molecule has 0 aromatic heterocycles. The zero-order valence-corrected chi connectivity index (χ0v) is 21.1. The first-order valence-electron chi connectivity index (χ1n) is 12.7. The van der Waals surface area contributed by atoms with E-state index in [0.717, 1.165) is 35.4 Å². The summed E-state index contributed by atoms with van der Waals surface area (Å²) >= 11 is 0. The van der Waals surface area contributed by atoms with Crippen LogP contribution >= 0.6 is 0 Å². The molecule has 3 aromatic carbocycles. The third kappa shape index (κ3) is 6.52. The maximum Gasteiger partial charge on any atom is 0.249 e. The number of ether oxygens (including phenoxy) is 1. The second-order valence-electron chi connectivity index (χ2n) is 9.25. The summed E-state index contributed by atoms with van der Waals surface area (Å²) < 4.78 is 6.09. The second-order valence-corrected chi connectivity index (χ2v) is 9.25. The first-order chi connectivity index (χ1) is 17.5. The Balaban J connectivity index is 1.52. The Labute approximate surface area is 213 Å². The lowest BCUT2D eigenvalue weighted by atomic mass is 10.1. The first-order valence-corrected chi connectivity index (χ1v) is 12.7. The SMILES string of the molecule is CNC(C)C(=O)N[C@H]1CCc2ccc(OCCCc3ccccc3)cc2N(Cc2ccccc2)C1=O. The van der Waals surface area contributed by atoms with E-state index in [1.165, 1.54) is 5.56 Å². The van der Waals surface area contributed by atoms with Crippen molar-refractivity contribution in [1.29, 1.82) is 0 Å². The highest BCUT2D eigenvalue weighted by Crippen LogP contribution is 2.32. The predicted molar refractivity (Wildman–Crippen MR) is 143 cm³/mol. The van der Waals surface area contributed by atoms with Crippen LogP contribution in [-0.2, 0) is 29.0 Å². The fourth-order valence-corrected chi connectivity index (χ4v) is 4.43. The highest BCUT2D eigenvalue weighted by molar-refractivity contribution is 6.01. The monoisotopic (exact) mass is 485 g/mol. The lowest BCUT2D eigenvalue weighted by molar-refractivity contribution is -0.128. The lowest BCUT2D eigenvalue weighted by Crippen LogP contribution is -2.52. The molecule has 2 atom stereocenters. The Kier molecular flexibility index (Phi) is 8.74. The largest absolute Gasteiger partial charge is 0.494 e. The molecule has 0 spiro atoms. The summed E-state index contributed by atoms with van der Waals surface area (Å²) in [7, 11) is 1.73. The number of hydrogen-bond acceptors (Lipinski definition) is 4. The van der Waals surface area contributed by atoms with Gasteiger partial charge in [0.05, 0.1) is 24.9 Å². The number of amides is 2. The summed E-state index contributed by atoms with van der Waals surface area (Å²) in [5.74, 6) is 0.471. The summed E-state index contributed by atoms with van der Waals surface area (Å²) in [6, 6.07) is 25.4. The molecule has 0 saturated heterocycles. The number of carbonyl (C=O) groups excluding carboxylic acids is 2. The van der Waals surface area contributed by atoms with Gasteiger partial charge in [-0.1, -0.05) is 66.7 Å². The number of nitrogens with one attached hydrogen (secondary N) is 2. The molecule has 4 rings (SSSR count). The van der Waals surface area contributed by atoms with E-state index in [4.69, 9.17) is 4.74 Å². The predicted octanol–water partition coefficient (Wildman–Crippen LogP) is 4.27. The molecule has 2 N–H and O–H groups in total. The van der Waals surface area contributed by atoms with E-state index in [2.05, 4.69) is 34.9 Å². The maximum atomic E-state index is 13.7. The number of likely N-dealkylation sites (N-methyl/N-ethyl adjacent to an activating group) is 1. The van der Waals surface area contributed by atoms with Crippen molar-refractivity contribution in [2.24, 2.45) is 0 Å². The summed E-state index contributed by atoms with van der Waals surface area (Å²) in [5.41, 5.74) is 4.25. The Morgan fingerprint density at radius 3 is 2.42 bits per heavy atom. The van der Waals surface area contributed by atoms with Gasteiger partial charge in [-0.3, -0.25) is 9.59 Å². The lowest BCUT2D eigenvalue weighted by Gasteiger charge is -2.27. The topological polar surface area (TPSA) is 70.7 Å². The molecule has 0 radical (unpaired) electrons. The summed E-state index contributed by atoms with van der Waals surface area (Å²) in [5, 5.41) is 5.90. The van der Waals surface area contributed by atoms with Gasteiger partial charge in [0.2, 0.25) is 11.8 Å². The average molecular weight is 486 g/mol. The summed E-state index contributed by atoms with van der Waals surface area (Å²) in [4.78, 5) is 28.1. The summed E-state index contributed by atoms with van der Waals surface area (Å²) in [6.45, 7) is 2.81. The fraction of sp³-hybridized carbons (Fsp3) is 0.333. The van der Waals surface area contributed by atoms with Crippen molar-refractivity contribution < 1.29 is 14.3 Å². The Morgan fingerprint density at radius 1 is 1.03 bits per heavy atom. The second kappa shape index (κ2) is 12.4. The van der Waals surface area contributed by atoms with Crippen molar-refractivity contribution in [1.82, 2.24) is 10.6 Å². The molecule has 188 valence electrons. The quantitative estimate of drug-likeness (QED) is 0.421. The molecule has 36 heavy (non-hydrogen) atoms. The molecule has 6 heteroatoms. The van der Waals surface area contributed by atoms with Crippen molar-refractivity contribution in [3.63, 3.8) is 0 Å². The van der Waals surface area contributed by atoms with Gasteiger partial charge in [-0.25, -0.2) is 0 Å². The van der Waals surface area contributed by atoms with Gasteiger partial charge < -0.3 is 20.3 Å². The van der Waals surface area contributed by atoms with Gasteiger partial charge in [-0.05, 0) is 62.4 Å². The number of aryl methyl sites for hydroxylation is 2. The molecule has 2 amide bonds. The number of benzene rings is 3. The molecular weight excluding hydrogens is 450 g/mol. The van der Waals surface area contributed by atoms with Gasteiger partial charge in [0, 0.05) is 6.07 Å². The van der Waals surface area contributed by atoms with Crippen LogP contribution < -0.4 is 20.3 Å². The molecule has 1 aliphatic rings. The molecule has 1 unspecified atom stereocenters. The summed E-state index contributed by atoms with van der Waals surface area (Å²) in [6.07, 6.45) is 3.11. The normalized spacial score (nSPS) is 16.1. The number of hydrogen-bond donors (Lipinski definition) is 2. The van der Waals surface area contributed by atoms with E-state index in [1.54, 1.807) is 18.9 Å². The molecule has 0 saturated carbocycles. The van der Waals surface area contributed by atoms with Crippen LogP contribution in [0.15, 0.2) is 78.9 Å². The number of fused-ring (bicyclic) bond motifs is 1. The van der Waals surface area contributed by atoms with Crippen molar-refractivity contribution in [3.8, 4) is 5.75 Å². The van der Waals surface area contributed by atoms with Crippen molar-refractivity contribution in [2.45, 2.75) is 51.2 Å². The zero-order chi connectivity index (χ0) is 25.3. The molecule has 1 aliphatic heterocycles. The van der Waals surface area contributed by atoms with E-state index in [9.17, 15) is 9.59 Å². The molecule has 0 aliphatic carbocycles. The zero-order valence-electron chi connectivity index (χ0n) is 21.1. The maximum absolute atomic E-state index is 13.7. The van der Waals surface area contributed by atoms with Crippen LogP contribution in [0.4, 0.5) is 5.69 Å². The van der Waals surface area contributed by atoms with Crippen molar-refractivity contribution in [3.05, 3.63) is 95.6 Å². The van der Waals surface area contributed by atoms with Crippen LogP contribution in [0.3, 0.4) is 0 Å². The Morgan fingerprint density at radius 2 is 1.72 bits per heavy atom. The number of anilines is 1. The van der Waals surface area contributed by atoms with Crippen LogP contribution in [0.1, 0.15) is 36.5 Å². The molecule has 1 heterocycles. The third-order valence-electron chi connectivity index (χ3n) is 6.66. The van der Waals surface area contributed by atoms with E-state index in [-0.39, 0.29) is 17.9 Å². The molecule has 0 fully saturated rings. The Hall–Kier alpha value is -3.64. The van der Waals surface area contributed by atoms with Gasteiger partial charge in [0.15, 0.2) is 0 Å². The van der Waals surface area contributed by atoms with E-state index >= 15 is 0 Å². The molecule has 3 aromatic rings. The van der Waals surface area contributed by atoms with Gasteiger partial charge in [-0.2, -0.15) is 0 Å². The van der Waals surface area contributed by atoms with Crippen LogP contribution in [-0.4, -0.2) is 37.6 Å². The van der Waals surface area contributed by atoms with Gasteiger partial charge in [0.1, 0.15) is 11.8 Å². The average Bonchev–Trinajstić information content (AvgIpc) is 3.04. The minimum atomic E-state index is -0.584. The minimum Gasteiger partial charge on any atom is -0.494 e. The fourth-order valence-electron chi connectivity index (χ4n) is 4.43. The van der Waals surface area contributed by atoms with E-state index in [0.29, 0.717) is 26.0 Å². The molecule has 6 nitrogen and oxygen atoms in total. The molecular formula is C30H35N3O3. The Bertz CT molecular complexity index is 1150. The highest BCUT2D eigenvalue weighted by Gasteiger charge is 2.32. The van der Waals surface area contributed by atoms with Gasteiger partial charge in [0.25, 0.3) is 0 Å². The van der Waals surface area contributed by atoms with Crippen molar-refractivity contribution in [2.75, 3.05) is 18.6 Å². The number of nitrogens with zero attached hydrogens (tertiary/aromatic N) is 1. The van der Waals surface area contributed by atoms with Crippen LogP contribution in [0.2, 0.25) is 0 Å². The number of carbonyl (C=O) groups is 2. The van der Waals surface area contributed by atoms with Gasteiger partial charge in [-0.15, -0.1) is 0 Å². The van der Waals surface area contributed by atoms with E-state index in [1.807, 2.05) is 54.6 Å². The van der Waals surface area contributed by atoms with Crippen LogP contribution in [0.5, 0.6) is 5.75 Å². The third-order valence-corrected chi connectivity index (χ3v) is 6.66. The molecule has 0 bridgehead atoms. The smallest absolute Gasteiger partial charge is 0.249 e. The van der Waals surface area contributed by atoms with Crippen molar-refractivity contribution >= 4 is 17.5 Å². The van der Waals surface area contributed by atoms with Crippen LogP contribution in [0.25, 0.3) is 0 Å². The first kappa shape index (κ1) is 25.5. The minimum absolute atomic E-state index is 0.101. The number of rotatable bonds is 10. The van der Waals surface area contributed by atoms with E-state index < -0.39 is 6.04 Å².